The molecule has 0 spiro atoms. The van der Waals surface area contributed by atoms with Crippen LogP contribution in [0.25, 0.3) is 0 Å². The number of nitrogens with one attached hydrogen (secondary N) is 2. The van der Waals surface area contributed by atoms with E-state index in [4.69, 9.17) is 4.74 Å². The molecule has 35 heavy (non-hydrogen) atoms. The van der Waals surface area contributed by atoms with Crippen LogP contribution in [0.15, 0.2) is 78.6 Å². The Balaban J connectivity index is 1.24. The Morgan fingerprint density at radius 1 is 1.09 bits per heavy atom. The van der Waals surface area contributed by atoms with E-state index in [-0.39, 0.29) is 24.9 Å². The minimum Gasteiger partial charge on any atom is -0.361 e. The number of allylic oxidation sites excluding steroid dienone is 1. The maximum Gasteiger partial charge on any atom is 0.417 e. The van der Waals surface area contributed by atoms with Gasteiger partial charge in [0.25, 0.3) is 5.91 Å². The fourth-order valence-corrected chi connectivity index (χ4v) is 3.92. The van der Waals surface area contributed by atoms with Crippen LogP contribution in [0, 0.1) is 0 Å². The molecule has 186 valence electrons. The summed E-state index contributed by atoms with van der Waals surface area (Å²) in [6, 6.07) is 14.6. The van der Waals surface area contributed by atoms with E-state index in [1.54, 1.807) is 17.2 Å². The molecule has 2 heterocycles. The Hall–Kier alpha value is -3.34. The first-order valence-electron chi connectivity index (χ1n) is 11.3. The maximum absolute atomic E-state index is 13.3. The number of ether oxygens (including phenoxy) is 1. The fourth-order valence-electron chi connectivity index (χ4n) is 3.92. The van der Waals surface area contributed by atoms with Gasteiger partial charge in [0.15, 0.2) is 6.35 Å². The summed E-state index contributed by atoms with van der Waals surface area (Å²) in [6.45, 7) is 1.47. The molecule has 0 bridgehead atoms. The molecule has 4 rings (SSSR count). The zero-order chi connectivity index (χ0) is 24.8. The zero-order valence-electron chi connectivity index (χ0n) is 18.9. The van der Waals surface area contributed by atoms with Crippen molar-refractivity contribution in [1.82, 2.24) is 20.4 Å². The lowest BCUT2D eigenvalue weighted by atomic mass is 10.1. The Morgan fingerprint density at radius 3 is 2.43 bits per heavy atom. The molecular weight excluding hydrogens is 461 g/mol. The van der Waals surface area contributed by atoms with Crippen LogP contribution in [0.1, 0.15) is 21.5 Å². The summed E-state index contributed by atoms with van der Waals surface area (Å²) in [5.74, 6) is -0.663. The zero-order valence-corrected chi connectivity index (χ0v) is 18.9. The highest BCUT2D eigenvalue weighted by Crippen LogP contribution is 2.32. The van der Waals surface area contributed by atoms with Crippen molar-refractivity contribution < 1.29 is 27.8 Å². The van der Waals surface area contributed by atoms with Crippen molar-refractivity contribution in [3.8, 4) is 0 Å². The molecule has 0 radical (unpaired) electrons. The largest absolute Gasteiger partial charge is 0.417 e. The number of hydrogen-bond donors (Lipinski definition) is 3. The highest BCUT2D eigenvalue weighted by molar-refractivity contribution is 5.96. The number of piperazine rings is 1. The second-order valence-corrected chi connectivity index (χ2v) is 8.23. The summed E-state index contributed by atoms with van der Waals surface area (Å²) in [7, 11) is 0. The van der Waals surface area contributed by atoms with Gasteiger partial charge in [-0.15, -0.1) is 0 Å². The summed E-state index contributed by atoms with van der Waals surface area (Å²) in [5.41, 5.74) is 0.406. The predicted octanol–water partition coefficient (Wildman–Crippen LogP) is 2.87. The fraction of sp³-hybridized carbons (Fsp3) is 0.320. The molecule has 2 atom stereocenters. The van der Waals surface area contributed by atoms with Crippen molar-refractivity contribution >= 4 is 5.91 Å². The standard InChI is InChI=1S/C25H27F3N4O3/c26-25(27,28)21-9-5-4-8-20(21)23(33)31-12-14-32(15-13-31)24(34)30-19-10-11-22(29-16-19)35-17-18-6-2-1-3-7-18/h1-11,16,22,24,29-30,34H,12-15,17H2. The SMILES string of the molecule is O=C(c1ccccc1C(F)(F)F)N1CCN(C(O)NC2=CNC(OCc3ccccc3)C=C2)CC1. The molecule has 0 aliphatic carbocycles. The van der Waals surface area contributed by atoms with Gasteiger partial charge in [0.2, 0.25) is 0 Å². The van der Waals surface area contributed by atoms with Gasteiger partial charge in [-0.3, -0.25) is 9.69 Å². The van der Waals surface area contributed by atoms with Crippen molar-refractivity contribution in [2.24, 2.45) is 0 Å². The van der Waals surface area contributed by atoms with Crippen LogP contribution < -0.4 is 10.6 Å². The highest BCUT2D eigenvalue weighted by atomic mass is 19.4. The minimum atomic E-state index is -4.60. The van der Waals surface area contributed by atoms with Gasteiger partial charge < -0.3 is 25.4 Å². The van der Waals surface area contributed by atoms with Gasteiger partial charge in [-0.1, -0.05) is 42.5 Å². The molecular formula is C25H27F3N4O3. The first-order valence-corrected chi connectivity index (χ1v) is 11.3. The lowest BCUT2D eigenvalue weighted by Gasteiger charge is -2.38. The van der Waals surface area contributed by atoms with E-state index in [2.05, 4.69) is 10.6 Å². The first kappa shape index (κ1) is 24.8. The number of aliphatic hydroxyl groups excluding tert-OH is 1. The van der Waals surface area contributed by atoms with Crippen molar-refractivity contribution in [3.63, 3.8) is 0 Å². The third-order valence-electron chi connectivity index (χ3n) is 5.83. The monoisotopic (exact) mass is 488 g/mol. The smallest absolute Gasteiger partial charge is 0.361 e. The molecule has 0 saturated carbocycles. The number of carbonyl (C=O) groups is 1. The number of hydrogen-bond acceptors (Lipinski definition) is 6. The Morgan fingerprint density at radius 2 is 1.77 bits per heavy atom. The minimum absolute atomic E-state index is 0.201. The number of benzene rings is 2. The summed E-state index contributed by atoms with van der Waals surface area (Å²) < 4.78 is 45.6. The number of carbonyl (C=O) groups excluding carboxylic acids is 1. The van der Waals surface area contributed by atoms with E-state index in [0.29, 0.717) is 25.4 Å². The van der Waals surface area contributed by atoms with E-state index in [1.807, 2.05) is 36.4 Å². The van der Waals surface area contributed by atoms with Crippen LogP contribution in [-0.2, 0) is 17.5 Å². The van der Waals surface area contributed by atoms with Crippen LogP contribution in [0.2, 0.25) is 0 Å². The molecule has 2 aliphatic heterocycles. The molecule has 7 nitrogen and oxygen atoms in total. The average molecular weight is 489 g/mol. The molecule has 2 aromatic rings. The summed E-state index contributed by atoms with van der Waals surface area (Å²) >= 11 is 0. The first-order chi connectivity index (χ1) is 16.8. The number of amides is 1. The van der Waals surface area contributed by atoms with E-state index >= 15 is 0 Å². The van der Waals surface area contributed by atoms with Crippen molar-refractivity contribution in [2.75, 3.05) is 26.2 Å². The molecule has 3 N–H and O–H groups in total. The highest BCUT2D eigenvalue weighted by Gasteiger charge is 2.36. The van der Waals surface area contributed by atoms with E-state index in [9.17, 15) is 23.1 Å². The quantitative estimate of drug-likeness (QED) is 0.521. The van der Waals surface area contributed by atoms with Gasteiger partial charge in [-0.05, 0) is 29.8 Å². The third kappa shape index (κ3) is 6.41. The number of rotatable bonds is 7. The van der Waals surface area contributed by atoms with Crippen molar-refractivity contribution in [3.05, 3.63) is 95.3 Å². The molecule has 0 aromatic heterocycles. The number of nitrogens with zero attached hydrogens (tertiary/aromatic N) is 2. The van der Waals surface area contributed by atoms with E-state index in [0.717, 1.165) is 11.6 Å². The topological polar surface area (TPSA) is 77.1 Å². The molecule has 2 aliphatic rings. The van der Waals surface area contributed by atoms with Crippen LogP contribution in [0.3, 0.4) is 0 Å². The van der Waals surface area contributed by atoms with Gasteiger partial charge >= 0.3 is 6.18 Å². The molecule has 2 unspecified atom stereocenters. The predicted molar refractivity (Wildman–Crippen MR) is 123 cm³/mol. The van der Waals surface area contributed by atoms with Crippen LogP contribution in [-0.4, -0.2) is 59.6 Å². The summed E-state index contributed by atoms with van der Waals surface area (Å²) in [5, 5.41) is 16.6. The van der Waals surface area contributed by atoms with E-state index < -0.39 is 24.0 Å². The average Bonchev–Trinajstić information content (AvgIpc) is 2.88. The Labute approximate surface area is 201 Å². The molecule has 1 amide bonds. The molecule has 10 heteroatoms. The Kier molecular flexibility index (Phi) is 7.74. The van der Waals surface area contributed by atoms with Crippen LogP contribution in [0.4, 0.5) is 13.2 Å². The van der Waals surface area contributed by atoms with E-state index in [1.165, 1.54) is 23.1 Å². The lowest BCUT2D eigenvalue weighted by Crippen LogP contribution is -2.55. The van der Waals surface area contributed by atoms with Crippen LogP contribution >= 0.6 is 0 Å². The summed E-state index contributed by atoms with van der Waals surface area (Å²) in [6.07, 6.45) is -0.598. The number of halogens is 3. The Bertz CT molecular complexity index is 1070. The molecule has 2 aromatic carbocycles. The van der Waals surface area contributed by atoms with Gasteiger partial charge in [-0.25, -0.2) is 0 Å². The third-order valence-corrected chi connectivity index (χ3v) is 5.83. The van der Waals surface area contributed by atoms with Crippen molar-refractivity contribution in [2.45, 2.75) is 25.4 Å². The van der Waals surface area contributed by atoms with Crippen LogP contribution in [0.5, 0.6) is 0 Å². The number of aliphatic hydroxyl groups is 1. The van der Waals surface area contributed by atoms with Gasteiger partial charge in [0.05, 0.1) is 23.4 Å². The van der Waals surface area contributed by atoms with Gasteiger partial charge in [-0.2, -0.15) is 13.2 Å². The maximum atomic E-state index is 13.3. The number of alkyl halides is 3. The van der Waals surface area contributed by atoms with Gasteiger partial charge in [0.1, 0.15) is 6.23 Å². The molecule has 1 saturated heterocycles. The number of dihydropyridines is 1. The summed E-state index contributed by atoms with van der Waals surface area (Å²) in [4.78, 5) is 15.8. The lowest BCUT2D eigenvalue weighted by molar-refractivity contribution is -0.138. The second kappa shape index (κ2) is 10.9. The molecule has 1 fully saturated rings. The second-order valence-electron chi connectivity index (χ2n) is 8.23. The van der Waals surface area contributed by atoms with Crippen molar-refractivity contribution in [1.29, 1.82) is 0 Å². The van der Waals surface area contributed by atoms with Gasteiger partial charge in [0, 0.05) is 32.4 Å². The normalized spacial score (nSPS) is 19.6.